The lowest BCUT2D eigenvalue weighted by Crippen LogP contribution is -2.47. The Bertz CT molecular complexity index is 1310. The minimum Gasteiger partial charge on any atom is -0.299 e. The van der Waals surface area contributed by atoms with Crippen molar-refractivity contribution in [1.29, 1.82) is 0 Å². The zero-order chi connectivity index (χ0) is 30.4. The highest BCUT2D eigenvalue weighted by Gasteiger charge is 2.52. The Morgan fingerprint density at radius 3 is 1.74 bits per heavy atom. The number of Topliss-reactive ketones (excluding diaryl/α,β-unsaturated/α-hetero) is 3. The maximum atomic E-state index is 15.4. The number of rotatable bonds is 12. The van der Waals surface area contributed by atoms with Gasteiger partial charge in [0, 0.05) is 42.4 Å². The summed E-state index contributed by atoms with van der Waals surface area (Å²) in [4.78, 5) is 43.4. The summed E-state index contributed by atoms with van der Waals surface area (Å²) in [5, 5.41) is 0. The molecule has 6 atom stereocenters. The summed E-state index contributed by atoms with van der Waals surface area (Å²) in [5.41, 5.74) is 2.99. The molecule has 0 aromatic heterocycles. The van der Waals surface area contributed by atoms with Crippen LogP contribution in [0.15, 0.2) is 91.0 Å². The van der Waals surface area contributed by atoms with Gasteiger partial charge in [0.15, 0.2) is 0 Å². The molecule has 1 saturated carbocycles. The van der Waals surface area contributed by atoms with Crippen molar-refractivity contribution in [2.75, 3.05) is 0 Å². The van der Waals surface area contributed by atoms with Crippen molar-refractivity contribution in [1.82, 2.24) is 0 Å². The van der Waals surface area contributed by atoms with E-state index in [1.165, 1.54) is 0 Å². The van der Waals surface area contributed by atoms with Gasteiger partial charge in [0.2, 0.25) is 0 Å². The van der Waals surface area contributed by atoms with E-state index >= 15 is 4.79 Å². The molecular formula is C39H48O3. The zero-order valence-corrected chi connectivity index (χ0v) is 26.2. The zero-order valence-electron chi connectivity index (χ0n) is 26.2. The summed E-state index contributed by atoms with van der Waals surface area (Å²) >= 11 is 0. The second-order valence-electron chi connectivity index (χ2n) is 13.5. The number of benzene rings is 3. The largest absolute Gasteiger partial charge is 0.299 e. The second kappa shape index (κ2) is 14.2. The van der Waals surface area contributed by atoms with Gasteiger partial charge in [0.1, 0.15) is 17.3 Å². The molecule has 0 aliphatic heterocycles. The highest BCUT2D eigenvalue weighted by atomic mass is 16.1. The molecule has 0 spiro atoms. The normalized spacial score (nSPS) is 22.4. The number of hydrogen-bond acceptors (Lipinski definition) is 3. The van der Waals surface area contributed by atoms with Crippen molar-refractivity contribution in [2.24, 2.45) is 35.5 Å². The van der Waals surface area contributed by atoms with Gasteiger partial charge in [-0.3, -0.25) is 14.4 Å². The summed E-state index contributed by atoms with van der Waals surface area (Å²) in [6, 6.07) is 30.2. The Labute approximate surface area is 253 Å². The minimum absolute atomic E-state index is 0.0887. The average Bonchev–Trinajstić information content (AvgIpc) is 2.96. The van der Waals surface area contributed by atoms with Gasteiger partial charge in [-0.05, 0) is 40.9 Å². The quantitative estimate of drug-likeness (QED) is 0.220. The lowest BCUT2D eigenvalue weighted by Gasteiger charge is -2.45. The number of carbonyl (C=O) groups excluding carboxylic acids is 3. The van der Waals surface area contributed by atoms with Crippen LogP contribution in [0.1, 0.15) is 95.2 Å². The molecule has 0 unspecified atom stereocenters. The summed E-state index contributed by atoms with van der Waals surface area (Å²) in [6.45, 7) is 12.6. The van der Waals surface area contributed by atoms with E-state index in [4.69, 9.17) is 0 Å². The maximum Gasteiger partial charge on any atom is 0.141 e. The first kappa shape index (κ1) is 31.6. The fourth-order valence-electron chi connectivity index (χ4n) is 7.43. The molecule has 4 rings (SSSR count). The van der Waals surface area contributed by atoms with E-state index in [0.29, 0.717) is 19.3 Å². The van der Waals surface area contributed by atoms with Crippen molar-refractivity contribution in [3.63, 3.8) is 0 Å². The molecule has 3 nitrogen and oxygen atoms in total. The van der Waals surface area contributed by atoms with Crippen LogP contribution in [0.3, 0.4) is 0 Å². The van der Waals surface area contributed by atoms with Crippen LogP contribution in [0, 0.1) is 35.5 Å². The van der Waals surface area contributed by atoms with Crippen molar-refractivity contribution in [2.45, 2.75) is 78.6 Å². The molecule has 0 bridgehead atoms. The molecule has 0 saturated heterocycles. The molecule has 3 aromatic rings. The van der Waals surface area contributed by atoms with Crippen molar-refractivity contribution in [3.8, 4) is 0 Å². The van der Waals surface area contributed by atoms with E-state index in [1.54, 1.807) is 0 Å². The van der Waals surface area contributed by atoms with Crippen molar-refractivity contribution < 1.29 is 14.4 Å². The van der Waals surface area contributed by atoms with Crippen LogP contribution in [-0.4, -0.2) is 17.3 Å². The second-order valence-corrected chi connectivity index (χ2v) is 13.5. The van der Waals surface area contributed by atoms with E-state index < -0.39 is 17.8 Å². The first-order valence-electron chi connectivity index (χ1n) is 15.8. The van der Waals surface area contributed by atoms with Crippen molar-refractivity contribution >= 4 is 17.3 Å². The Hall–Kier alpha value is -3.33. The fraction of sp³-hybridized carbons (Fsp3) is 0.462. The van der Waals surface area contributed by atoms with Gasteiger partial charge in [0.25, 0.3) is 0 Å². The first-order valence-corrected chi connectivity index (χ1v) is 15.8. The van der Waals surface area contributed by atoms with Crippen LogP contribution in [0.4, 0.5) is 0 Å². The average molecular weight is 565 g/mol. The third kappa shape index (κ3) is 7.17. The van der Waals surface area contributed by atoms with Gasteiger partial charge >= 0.3 is 0 Å². The lowest BCUT2D eigenvalue weighted by molar-refractivity contribution is -0.139. The van der Waals surface area contributed by atoms with Crippen LogP contribution in [0.2, 0.25) is 0 Å². The topological polar surface area (TPSA) is 51.2 Å². The summed E-state index contributed by atoms with van der Waals surface area (Å²) < 4.78 is 0. The molecular weight excluding hydrogens is 516 g/mol. The van der Waals surface area contributed by atoms with Crippen LogP contribution >= 0.6 is 0 Å². The number of hydrogen-bond donors (Lipinski definition) is 0. The SMILES string of the molecule is CC(C)CC(=O)[C@H](c1ccccc1)[C@@H](CC(C)C)C(=O)[C@H]1[C@@H](c2ccccc2)[C@@H](C(C)C)C(=O)C[C@H]1c1ccccc1. The number of ketones is 3. The van der Waals surface area contributed by atoms with Crippen LogP contribution < -0.4 is 0 Å². The third-order valence-electron chi connectivity index (χ3n) is 9.07. The van der Waals surface area contributed by atoms with E-state index in [2.05, 4.69) is 65.8 Å². The maximum absolute atomic E-state index is 15.4. The molecule has 222 valence electrons. The molecule has 1 aliphatic rings. The predicted octanol–water partition coefficient (Wildman–Crippen LogP) is 9.05. The molecule has 0 heterocycles. The third-order valence-corrected chi connectivity index (χ3v) is 9.07. The molecule has 1 aliphatic carbocycles. The van der Waals surface area contributed by atoms with Gasteiger partial charge in [-0.25, -0.2) is 0 Å². The van der Waals surface area contributed by atoms with Gasteiger partial charge < -0.3 is 0 Å². The van der Waals surface area contributed by atoms with Crippen LogP contribution in [0.5, 0.6) is 0 Å². The summed E-state index contributed by atoms with van der Waals surface area (Å²) in [7, 11) is 0. The Morgan fingerprint density at radius 2 is 1.24 bits per heavy atom. The van der Waals surface area contributed by atoms with Crippen LogP contribution in [-0.2, 0) is 14.4 Å². The highest BCUT2D eigenvalue weighted by molar-refractivity contribution is 5.97. The van der Waals surface area contributed by atoms with E-state index in [1.807, 2.05) is 66.7 Å². The standard InChI is InChI=1S/C39H48O3/c1-25(2)22-32(36(33(40)23-26(3)4)29-18-12-8-13-19-29)39(42)38-31(28-16-10-7-11-17-28)24-34(41)35(27(5)6)37(38)30-20-14-9-15-21-30/h7-21,25-27,31-32,35-38H,22-24H2,1-6H3/t31-,32+,35-,36+,37-,38+/m0/s1. The highest BCUT2D eigenvalue weighted by Crippen LogP contribution is 2.52. The van der Waals surface area contributed by atoms with Gasteiger partial charge in [-0.15, -0.1) is 0 Å². The molecule has 3 heteroatoms. The summed E-state index contributed by atoms with van der Waals surface area (Å²) in [6.07, 6.45) is 1.41. The Balaban J connectivity index is 1.94. The monoisotopic (exact) mass is 564 g/mol. The molecule has 0 N–H and O–H groups in total. The Morgan fingerprint density at radius 1 is 0.714 bits per heavy atom. The molecule has 1 fully saturated rings. The minimum atomic E-state index is -0.508. The van der Waals surface area contributed by atoms with E-state index in [0.717, 1.165) is 16.7 Å². The molecule has 0 radical (unpaired) electrons. The van der Waals surface area contributed by atoms with Gasteiger partial charge in [0.05, 0.1) is 5.92 Å². The number of carbonyl (C=O) groups is 3. The van der Waals surface area contributed by atoms with E-state index in [-0.39, 0.29) is 52.9 Å². The predicted molar refractivity (Wildman–Crippen MR) is 171 cm³/mol. The smallest absolute Gasteiger partial charge is 0.141 e. The first-order chi connectivity index (χ1) is 20.1. The molecule has 42 heavy (non-hydrogen) atoms. The molecule has 3 aromatic carbocycles. The Kier molecular flexibility index (Phi) is 10.7. The molecule has 0 amide bonds. The summed E-state index contributed by atoms with van der Waals surface area (Å²) in [5.74, 6) is -1.13. The van der Waals surface area contributed by atoms with Crippen molar-refractivity contribution in [3.05, 3.63) is 108 Å². The van der Waals surface area contributed by atoms with E-state index in [9.17, 15) is 9.59 Å². The van der Waals surface area contributed by atoms with Crippen LogP contribution in [0.25, 0.3) is 0 Å². The fourth-order valence-corrected chi connectivity index (χ4v) is 7.43. The van der Waals surface area contributed by atoms with Gasteiger partial charge in [-0.1, -0.05) is 133 Å². The lowest BCUT2D eigenvalue weighted by atomic mass is 9.56. The van der Waals surface area contributed by atoms with Gasteiger partial charge in [-0.2, -0.15) is 0 Å².